The number of carbonyl (C=O) groups is 2. The van der Waals surface area contributed by atoms with Crippen molar-refractivity contribution >= 4 is 34.5 Å². The number of amides is 1. The van der Waals surface area contributed by atoms with E-state index in [-0.39, 0.29) is 11.8 Å². The molecule has 1 N–H and O–H groups in total. The predicted molar refractivity (Wildman–Crippen MR) is 116 cm³/mol. The lowest BCUT2D eigenvalue weighted by atomic mass is 9.88. The predicted octanol–water partition coefficient (Wildman–Crippen LogP) is 4.55. The molecule has 148 valence electrons. The van der Waals surface area contributed by atoms with Crippen LogP contribution in [0.15, 0.2) is 48.5 Å². The van der Waals surface area contributed by atoms with Crippen molar-refractivity contribution in [3.05, 3.63) is 63.2 Å². The SMILES string of the molecule is CC(C)(Oc1ccccc1C1CCN(C(=O)c2ccc(I)cc2)CC1)C(=O)O. The number of carbonyl (C=O) groups excluding carboxylic acids is 1. The molecule has 0 bridgehead atoms. The molecular formula is C22H24INO4. The van der Waals surface area contributed by atoms with Crippen molar-refractivity contribution in [2.24, 2.45) is 0 Å². The summed E-state index contributed by atoms with van der Waals surface area (Å²) >= 11 is 2.23. The molecule has 3 rings (SSSR count). The summed E-state index contributed by atoms with van der Waals surface area (Å²) < 4.78 is 6.93. The molecule has 2 aromatic carbocycles. The quantitative estimate of drug-likeness (QED) is 0.621. The molecule has 1 fully saturated rings. The van der Waals surface area contributed by atoms with Gasteiger partial charge in [0.05, 0.1) is 0 Å². The van der Waals surface area contributed by atoms with Crippen LogP contribution in [-0.2, 0) is 4.79 Å². The molecule has 28 heavy (non-hydrogen) atoms. The molecule has 0 atom stereocenters. The van der Waals surface area contributed by atoms with Crippen molar-refractivity contribution in [1.82, 2.24) is 4.90 Å². The van der Waals surface area contributed by atoms with Crippen LogP contribution in [0.25, 0.3) is 0 Å². The van der Waals surface area contributed by atoms with E-state index in [1.54, 1.807) is 13.8 Å². The zero-order valence-electron chi connectivity index (χ0n) is 16.0. The first kappa shape index (κ1) is 20.6. The number of nitrogens with zero attached hydrogens (tertiary/aromatic N) is 1. The Kier molecular flexibility index (Phi) is 6.27. The number of hydrogen-bond acceptors (Lipinski definition) is 3. The van der Waals surface area contributed by atoms with Gasteiger partial charge in [0.25, 0.3) is 5.91 Å². The number of carboxylic acid groups (broad SMARTS) is 1. The molecular weight excluding hydrogens is 469 g/mol. The number of halogens is 1. The second-order valence-corrected chi connectivity index (χ2v) is 8.77. The van der Waals surface area contributed by atoms with Crippen LogP contribution < -0.4 is 4.74 Å². The second kappa shape index (κ2) is 8.51. The highest BCUT2D eigenvalue weighted by Crippen LogP contribution is 2.36. The molecule has 1 amide bonds. The van der Waals surface area contributed by atoms with Crippen molar-refractivity contribution in [1.29, 1.82) is 0 Å². The minimum atomic E-state index is -1.29. The van der Waals surface area contributed by atoms with Crippen LogP contribution in [0.1, 0.15) is 48.5 Å². The number of aliphatic carboxylic acids is 1. The molecule has 1 heterocycles. The summed E-state index contributed by atoms with van der Waals surface area (Å²) in [6, 6.07) is 15.2. The fraction of sp³-hybridized carbons (Fsp3) is 0.364. The largest absolute Gasteiger partial charge is 0.478 e. The Bertz CT molecular complexity index is 855. The van der Waals surface area contributed by atoms with Gasteiger partial charge in [0, 0.05) is 22.2 Å². The molecule has 0 radical (unpaired) electrons. The van der Waals surface area contributed by atoms with Gasteiger partial charge in [-0.15, -0.1) is 0 Å². The van der Waals surface area contributed by atoms with E-state index in [4.69, 9.17) is 4.74 Å². The standard InChI is InChI=1S/C22H24INO4/c1-22(2,21(26)27)28-19-6-4-3-5-18(19)15-11-13-24(14-12-15)20(25)16-7-9-17(23)10-8-16/h3-10,15H,11-14H2,1-2H3,(H,26,27). The van der Waals surface area contributed by atoms with Crippen molar-refractivity contribution in [2.45, 2.75) is 38.2 Å². The maximum atomic E-state index is 12.7. The van der Waals surface area contributed by atoms with Gasteiger partial charge in [0.2, 0.25) is 0 Å². The summed E-state index contributed by atoms with van der Waals surface area (Å²) in [6.45, 7) is 4.45. The number of carboxylic acids is 1. The molecule has 2 aromatic rings. The Morgan fingerprint density at radius 1 is 1.07 bits per heavy atom. The third-order valence-electron chi connectivity index (χ3n) is 5.11. The van der Waals surface area contributed by atoms with Gasteiger partial charge in [-0.1, -0.05) is 18.2 Å². The lowest BCUT2D eigenvalue weighted by molar-refractivity contribution is -0.152. The Morgan fingerprint density at radius 3 is 2.29 bits per heavy atom. The summed E-state index contributed by atoms with van der Waals surface area (Å²) in [5.41, 5.74) is 0.432. The third-order valence-corrected chi connectivity index (χ3v) is 5.83. The van der Waals surface area contributed by atoms with Crippen molar-refractivity contribution in [3.8, 4) is 5.75 Å². The van der Waals surface area contributed by atoms with Gasteiger partial charge >= 0.3 is 5.97 Å². The van der Waals surface area contributed by atoms with E-state index < -0.39 is 11.6 Å². The molecule has 1 saturated heterocycles. The van der Waals surface area contributed by atoms with Crippen LogP contribution >= 0.6 is 22.6 Å². The number of piperidine rings is 1. The molecule has 0 saturated carbocycles. The Morgan fingerprint density at radius 2 is 1.68 bits per heavy atom. The van der Waals surface area contributed by atoms with E-state index in [0.717, 1.165) is 22.0 Å². The van der Waals surface area contributed by atoms with Crippen molar-refractivity contribution in [3.63, 3.8) is 0 Å². The fourth-order valence-corrected chi connectivity index (χ4v) is 3.76. The normalized spacial score (nSPS) is 15.3. The Labute approximate surface area is 178 Å². The number of hydrogen-bond donors (Lipinski definition) is 1. The van der Waals surface area contributed by atoms with E-state index in [2.05, 4.69) is 22.6 Å². The van der Waals surface area contributed by atoms with Crippen LogP contribution in [-0.4, -0.2) is 40.6 Å². The molecule has 1 aliphatic rings. The van der Waals surface area contributed by atoms with Crippen LogP contribution in [0.3, 0.4) is 0 Å². The van der Waals surface area contributed by atoms with Gasteiger partial charge in [-0.2, -0.15) is 0 Å². The number of benzene rings is 2. The van der Waals surface area contributed by atoms with Gasteiger partial charge in [-0.3, -0.25) is 4.79 Å². The van der Waals surface area contributed by atoms with E-state index in [1.165, 1.54) is 0 Å². The summed E-state index contributed by atoms with van der Waals surface area (Å²) in [4.78, 5) is 26.0. The molecule has 0 spiro atoms. The monoisotopic (exact) mass is 493 g/mol. The fourth-order valence-electron chi connectivity index (χ4n) is 3.40. The van der Waals surface area contributed by atoms with Crippen molar-refractivity contribution in [2.75, 3.05) is 13.1 Å². The highest BCUT2D eigenvalue weighted by molar-refractivity contribution is 14.1. The van der Waals surface area contributed by atoms with Gasteiger partial charge in [-0.25, -0.2) is 4.79 Å². The molecule has 5 nitrogen and oxygen atoms in total. The molecule has 0 aromatic heterocycles. The first-order valence-electron chi connectivity index (χ1n) is 9.34. The number of rotatable bonds is 5. The molecule has 1 aliphatic heterocycles. The zero-order chi connectivity index (χ0) is 20.3. The highest BCUT2D eigenvalue weighted by Gasteiger charge is 2.32. The topological polar surface area (TPSA) is 66.8 Å². The first-order chi connectivity index (χ1) is 13.3. The molecule has 0 aliphatic carbocycles. The van der Waals surface area contributed by atoms with Crippen LogP contribution in [0.2, 0.25) is 0 Å². The second-order valence-electron chi connectivity index (χ2n) is 7.53. The number of likely N-dealkylation sites (tertiary alicyclic amines) is 1. The van der Waals surface area contributed by atoms with E-state index in [9.17, 15) is 14.7 Å². The van der Waals surface area contributed by atoms with Gasteiger partial charge in [-0.05, 0) is 91.1 Å². The summed E-state index contributed by atoms with van der Waals surface area (Å²) in [5.74, 6) is -0.0921. The molecule has 0 unspecified atom stereocenters. The summed E-state index contributed by atoms with van der Waals surface area (Å²) in [7, 11) is 0. The van der Waals surface area contributed by atoms with Gasteiger partial charge < -0.3 is 14.7 Å². The summed E-state index contributed by atoms with van der Waals surface area (Å²) in [5, 5.41) is 9.36. The smallest absolute Gasteiger partial charge is 0.347 e. The minimum Gasteiger partial charge on any atom is -0.478 e. The molecule has 6 heteroatoms. The lowest BCUT2D eigenvalue weighted by Gasteiger charge is -2.33. The van der Waals surface area contributed by atoms with Crippen LogP contribution in [0, 0.1) is 3.57 Å². The number of para-hydroxylation sites is 1. The van der Waals surface area contributed by atoms with E-state index >= 15 is 0 Å². The van der Waals surface area contributed by atoms with Gasteiger partial charge in [0.15, 0.2) is 5.60 Å². The Balaban J connectivity index is 1.69. The lowest BCUT2D eigenvalue weighted by Crippen LogP contribution is -2.39. The maximum Gasteiger partial charge on any atom is 0.347 e. The van der Waals surface area contributed by atoms with Crippen molar-refractivity contribution < 1.29 is 19.4 Å². The number of ether oxygens (including phenoxy) is 1. The van der Waals surface area contributed by atoms with E-state index in [0.29, 0.717) is 24.4 Å². The zero-order valence-corrected chi connectivity index (χ0v) is 18.2. The highest BCUT2D eigenvalue weighted by atomic mass is 127. The average molecular weight is 493 g/mol. The van der Waals surface area contributed by atoms with E-state index in [1.807, 2.05) is 53.4 Å². The maximum absolute atomic E-state index is 12.7. The van der Waals surface area contributed by atoms with Crippen LogP contribution in [0.4, 0.5) is 0 Å². The summed E-state index contributed by atoms with van der Waals surface area (Å²) in [6.07, 6.45) is 1.65. The first-order valence-corrected chi connectivity index (χ1v) is 10.4. The Hall–Kier alpha value is -2.09. The minimum absolute atomic E-state index is 0.0615. The third kappa shape index (κ3) is 4.66. The van der Waals surface area contributed by atoms with Gasteiger partial charge in [0.1, 0.15) is 5.75 Å². The van der Waals surface area contributed by atoms with Crippen LogP contribution in [0.5, 0.6) is 5.75 Å². The average Bonchev–Trinajstić information content (AvgIpc) is 2.68.